The van der Waals surface area contributed by atoms with Crippen LogP contribution in [-0.4, -0.2) is 53.9 Å². The maximum atomic E-state index is 13.3. The molecule has 0 bridgehead atoms. The monoisotopic (exact) mass is 442 g/mol. The molecule has 164 valence electrons. The van der Waals surface area contributed by atoms with Crippen molar-refractivity contribution < 1.29 is 23.9 Å². The van der Waals surface area contributed by atoms with E-state index in [-0.39, 0.29) is 0 Å². The van der Waals surface area contributed by atoms with Gasteiger partial charge in [0.05, 0.1) is 30.0 Å². The Hall–Kier alpha value is -3.00. The van der Waals surface area contributed by atoms with Crippen molar-refractivity contribution in [3.8, 4) is 11.5 Å². The number of nitrogens with zero attached hydrogens (tertiary/aromatic N) is 1. The van der Waals surface area contributed by atoms with Crippen LogP contribution in [0, 0.1) is 0 Å². The summed E-state index contributed by atoms with van der Waals surface area (Å²) < 4.78 is 11.2. The number of fused-ring (bicyclic) bond motifs is 1. The number of hydrogen-bond donors (Lipinski definition) is 1. The molecule has 0 aliphatic carbocycles. The average molecular weight is 443 g/mol. The number of nitrogens with one attached hydrogen (secondary N) is 1. The average Bonchev–Trinajstić information content (AvgIpc) is 3.01. The van der Waals surface area contributed by atoms with Crippen molar-refractivity contribution in [1.82, 2.24) is 4.90 Å². The van der Waals surface area contributed by atoms with Crippen LogP contribution in [0.2, 0.25) is 0 Å². The molecule has 1 aliphatic heterocycles. The molecule has 2 aromatic carbocycles. The van der Waals surface area contributed by atoms with Crippen molar-refractivity contribution in [3.63, 3.8) is 0 Å². The molecule has 1 atom stereocenters. The molecule has 3 amide bonds. The van der Waals surface area contributed by atoms with E-state index < -0.39 is 23.8 Å². The lowest BCUT2D eigenvalue weighted by Gasteiger charge is -2.25. The van der Waals surface area contributed by atoms with E-state index >= 15 is 0 Å². The molecule has 0 saturated carbocycles. The second kappa shape index (κ2) is 10.3. The molecular formula is C23H26N2O5S. The number of hydrogen-bond acceptors (Lipinski definition) is 6. The first-order chi connectivity index (χ1) is 15.0. The van der Waals surface area contributed by atoms with Crippen molar-refractivity contribution in [2.24, 2.45) is 0 Å². The molecule has 1 unspecified atom stereocenters. The van der Waals surface area contributed by atoms with E-state index in [1.807, 2.05) is 20.1 Å². The summed E-state index contributed by atoms with van der Waals surface area (Å²) in [5.41, 5.74) is 1.08. The van der Waals surface area contributed by atoms with Gasteiger partial charge in [-0.1, -0.05) is 12.1 Å². The molecule has 0 fully saturated rings. The van der Waals surface area contributed by atoms with Gasteiger partial charge >= 0.3 is 0 Å². The zero-order valence-corrected chi connectivity index (χ0v) is 18.7. The third-order valence-electron chi connectivity index (χ3n) is 4.85. The molecule has 1 N–H and O–H groups in total. The number of rotatable bonds is 10. The minimum absolute atomic E-state index is 0.322. The van der Waals surface area contributed by atoms with Crippen LogP contribution in [-0.2, 0) is 4.79 Å². The van der Waals surface area contributed by atoms with Gasteiger partial charge in [0.2, 0.25) is 5.91 Å². The van der Waals surface area contributed by atoms with E-state index in [0.717, 1.165) is 4.90 Å². The molecule has 7 nitrogen and oxygen atoms in total. The Balaban J connectivity index is 1.90. The Kier molecular flexibility index (Phi) is 7.57. The van der Waals surface area contributed by atoms with Crippen molar-refractivity contribution in [3.05, 3.63) is 53.6 Å². The lowest BCUT2D eigenvalue weighted by atomic mass is 10.1. The van der Waals surface area contributed by atoms with Crippen molar-refractivity contribution in [2.45, 2.75) is 26.3 Å². The van der Waals surface area contributed by atoms with E-state index in [0.29, 0.717) is 53.7 Å². The number of amides is 3. The fraction of sp³-hybridized carbons (Fsp3) is 0.348. The first kappa shape index (κ1) is 22.7. The highest BCUT2D eigenvalue weighted by molar-refractivity contribution is 7.98. The first-order valence-corrected chi connectivity index (χ1v) is 11.6. The first-order valence-electron chi connectivity index (χ1n) is 10.2. The lowest BCUT2D eigenvalue weighted by Crippen LogP contribution is -2.47. The fourth-order valence-electron chi connectivity index (χ4n) is 3.46. The summed E-state index contributed by atoms with van der Waals surface area (Å²) in [6, 6.07) is 10.9. The Morgan fingerprint density at radius 1 is 1.03 bits per heavy atom. The molecule has 31 heavy (non-hydrogen) atoms. The largest absolute Gasteiger partial charge is 0.494 e. The Morgan fingerprint density at radius 2 is 1.68 bits per heavy atom. The van der Waals surface area contributed by atoms with Crippen molar-refractivity contribution in [1.29, 1.82) is 0 Å². The zero-order chi connectivity index (χ0) is 22.4. The molecular weight excluding hydrogens is 416 g/mol. The Labute approximate surface area is 186 Å². The molecule has 0 spiro atoms. The molecule has 0 saturated heterocycles. The summed E-state index contributed by atoms with van der Waals surface area (Å²) in [7, 11) is 0. The van der Waals surface area contributed by atoms with Crippen LogP contribution < -0.4 is 14.8 Å². The van der Waals surface area contributed by atoms with Gasteiger partial charge in [0.15, 0.2) is 0 Å². The molecule has 0 aromatic heterocycles. The Bertz CT molecular complexity index is 943. The van der Waals surface area contributed by atoms with Gasteiger partial charge in [-0.15, -0.1) is 0 Å². The van der Waals surface area contributed by atoms with Gasteiger partial charge < -0.3 is 14.8 Å². The summed E-state index contributed by atoms with van der Waals surface area (Å²) >= 11 is 1.55. The van der Waals surface area contributed by atoms with Crippen LogP contribution in [0.4, 0.5) is 5.69 Å². The molecule has 3 rings (SSSR count). The van der Waals surface area contributed by atoms with Crippen LogP contribution in [0.1, 0.15) is 41.0 Å². The van der Waals surface area contributed by atoms with Gasteiger partial charge in [-0.25, -0.2) is 0 Å². The standard InChI is InChI=1S/C23H26N2O5S/c1-4-29-15-10-11-20(30-5-2)18(14-15)24-21(26)19(12-13-31-3)25-22(27)16-8-6-7-9-17(16)23(25)28/h6-11,14,19H,4-5,12-13H2,1-3H3,(H,24,26). The maximum absolute atomic E-state index is 13.3. The van der Waals surface area contributed by atoms with E-state index in [1.54, 1.807) is 54.2 Å². The summed E-state index contributed by atoms with van der Waals surface area (Å²) in [5, 5.41) is 2.85. The second-order valence-electron chi connectivity index (χ2n) is 6.84. The van der Waals surface area contributed by atoms with E-state index in [2.05, 4.69) is 5.32 Å². The highest BCUT2D eigenvalue weighted by Gasteiger charge is 2.42. The maximum Gasteiger partial charge on any atom is 0.262 e. The summed E-state index contributed by atoms with van der Waals surface area (Å²) in [6.07, 6.45) is 2.25. The molecule has 1 aliphatic rings. The highest BCUT2D eigenvalue weighted by atomic mass is 32.2. The molecule has 2 aromatic rings. The number of anilines is 1. The van der Waals surface area contributed by atoms with Crippen LogP contribution in [0.25, 0.3) is 0 Å². The minimum Gasteiger partial charge on any atom is -0.494 e. The second-order valence-corrected chi connectivity index (χ2v) is 7.82. The predicted octanol–water partition coefficient (Wildman–Crippen LogP) is 3.84. The summed E-state index contributed by atoms with van der Waals surface area (Å²) in [6.45, 7) is 4.62. The van der Waals surface area contributed by atoms with Crippen molar-refractivity contribution >= 4 is 35.2 Å². The molecule has 8 heteroatoms. The number of carbonyl (C=O) groups is 3. The smallest absolute Gasteiger partial charge is 0.262 e. The normalized spacial score (nSPS) is 13.7. The van der Waals surface area contributed by atoms with Crippen LogP contribution in [0.3, 0.4) is 0 Å². The van der Waals surface area contributed by atoms with Gasteiger partial charge in [-0.05, 0) is 56.5 Å². The zero-order valence-electron chi connectivity index (χ0n) is 17.8. The third-order valence-corrected chi connectivity index (χ3v) is 5.50. The van der Waals surface area contributed by atoms with Gasteiger partial charge in [-0.2, -0.15) is 11.8 Å². The van der Waals surface area contributed by atoms with Gasteiger partial charge in [0.25, 0.3) is 11.8 Å². The van der Waals surface area contributed by atoms with Gasteiger partial charge in [-0.3, -0.25) is 19.3 Å². The van der Waals surface area contributed by atoms with Crippen LogP contribution in [0.5, 0.6) is 11.5 Å². The quantitative estimate of drug-likeness (QED) is 0.563. The number of carbonyl (C=O) groups excluding carboxylic acids is 3. The van der Waals surface area contributed by atoms with Gasteiger partial charge in [0, 0.05) is 6.07 Å². The lowest BCUT2D eigenvalue weighted by molar-refractivity contribution is -0.120. The number of thioether (sulfide) groups is 1. The van der Waals surface area contributed by atoms with Crippen LogP contribution in [0.15, 0.2) is 42.5 Å². The van der Waals surface area contributed by atoms with Crippen molar-refractivity contribution in [2.75, 3.05) is 30.5 Å². The summed E-state index contributed by atoms with van der Waals surface area (Å²) in [5.74, 6) is 0.346. The van der Waals surface area contributed by atoms with Crippen LogP contribution >= 0.6 is 11.8 Å². The van der Waals surface area contributed by atoms with E-state index in [1.165, 1.54) is 0 Å². The van der Waals surface area contributed by atoms with E-state index in [4.69, 9.17) is 9.47 Å². The number of ether oxygens (including phenoxy) is 2. The molecule has 0 radical (unpaired) electrons. The predicted molar refractivity (Wildman–Crippen MR) is 121 cm³/mol. The molecule has 1 heterocycles. The summed E-state index contributed by atoms with van der Waals surface area (Å²) in [4.78, 5) is 40.3. The number of imide groups is 1. The van der Waals surface area contributed by atoms with E-state index in [9.17, 15) is 14.4 Å². The highest BCUT2D eigenvalue weighted by Crippen LogP contribution is 2.31. The van der Waals surface area contributed by atoms with Gasteiger partial charge in [0.1, 0.15) is 17.5 Å². The Morgan fingerprint density at radius 3 is 2.26 bits per heavy atom. The SMILES string of the molecule is CCOc1ccc(OCC)c(NC(=O)C(CCSC)N2C(=O)c3ccccc3C2=O)c1. The fourth-order valence-corrected chi connectivity index (χ4v) is 3.92. The third kappa shape index (κ3) is 4.85. The minimum atomic E-state index is -0.940. The number of benzene rings is 2. The topological polar surface area (TPSA) is 84.9 Å².